The Morgan fingerprint density at radius 1 is 1.33 bits per heavy atom. The largest absolute Gasteiger partial charge is 0.310 e. The Kier molecular flexibility index (Phi) is 5.58. The van der Waals surface area contributed by atoms with Crippen molar-refractivity contribution in [2.24, 2.45) is 0 Å². The minimum Gasteiger partial charge on any atom is -0.310 e. The van der Waals surface area contributed by atoms with E-state index in [0.717, 1.165) is 11.3 Å². The van der Waals surface area contributed by atoms with Crippen LogP contribution in [0.1, 0.15) is 38.7 Å². The van der Waals surface area contributed by atoms with Crippen molar-refractivity contribution in [3.8, 4) is 0 Å². The number of thioether (sulfide) groups is 1. The van der Waals surface area contributed by atoms with Gasteiger partial charge in [0.25, 0.3) is 0 Å². The standard InChI is InChI=1S/C16H25NS/c1-13(10-11-15-7-4-3-5-8-15)17-16-9-6-12-18-14(16)2/h3-5,7-8,13-14,16-17H,6,9-12H2,1-2H3. The Morgan fingerprint density at radius 3 is 2.83 bits per heavy atom. The van der Waals surface area contributed by atoms with Crippen LogP contribution in [0.15, 0.2) is 30.3 Å². The lowest BCUT2D eigenvalue weighted by molar-refractivity contribution is 0.397. The minimum atomic E-state index is 0.622. The molecule has 0 bridgehead atoms. The first kappa shape index (κ1) is 14.0. The van der Waals surface area contributed by atoms with Gasteiger partial charge in [-0.1, -0.05) is 37.3 Å². The van der Waals surface area contributed by atoms with E-state index in [-0.39, 0.29) is 0 Å². The summed E-state index contributed by atoms with van der Waals surface area (Å²) in [6.07, 6.45) is 5.14. The Hall–Kier alpha value is -0.470. The van der Waals surface area contributed by atoms with Crippen LogP contribution in [0, 0.1) is 0 Å². The molecule has 0 aromatic heterocycles. The number of hydrogen-bond acceptors (Lipinski definition) is 2. The third kappa shape index (κ3) is 4.33. The Labute approximate surface area is 116 Å². The van der Waals surface area contributed by atoms with Crippen LogP contribution in [0.25, 0.3) is 0 Å². The summed E-state index contributed by atoms with van der Waals surface area (Å²) >= 11 is 2.12. The number of rotatable bonds is 5. The fourth-order valence-corrected chi connectivity index (χ4v) is 3.77. The summed E-state index contributed by atoms with van der Waals surface area (Å²) in [4.78, 5) is 0. The van der Waals surface area contributed by atoms with Gasteiger partial charge < -0.3 is 5.32 Å². The number of aryl methyl sites for hydroxylation is 1. The summed E-state index contributed by atoms with van der Waals surface area (Å²) in [6.45, 7) is 4.69. The van der Waals surface area contributed by atoms with Gasteiger partial charge in [-0.15, -0.1) is 0 Å². The van der Waals surface area contributed by atoms with E-state index in [2.05, 4.69) is 61.3 Å². The molecule has 0 saturated carbocycles. The predicted molar refractivity (Wildman–Crippen MR) is 82.3 cm³/mol. The summed E-state index contributed by atoms with van der Waals surface area (Å²) in [5.41, 5.74) is 1.46. The van der Waals surface area contributed by atoms with Crippen molar-refractivity contribution < 1.29 is 0 Å². The van der Waals surface area contributed by atoms with Crippen LogP contribution in [-0.4, -0.2) is 23.1 Å². The lowest BCUT2D eigenvalue weighted by Crippen LogP contribution is -2.44. The third-order valence-electron chi connectivity index (χ3n) is 3.81. The Balaban J connectivity index is 1.73. The van der Waals surface area contributed by atoms with Crippen LogP contribution < -0.4 is 5.32 Å². The van der Waals surface area contributed by atoms with Crippen LogP contribution in [-0.2, 0) is 6.42 Å². The van der Waals surface area contributed by atoms with Gasteiger partial charge >= 0.3 is 0 Å². The zero-order valence-corrected chi connectivity index (χ0v) is 12.4. The maximum Gasteiger partial charge on any atom is 0.0186 e. The van der Waals surface area contributed by atoms with Crippen LogP contribution in [0.5, 0.6) is 0 Å². The molecular formula is C16H25NS. The zero-order valence-electron chi connectivity index (χ0n) is 11.6. The maximum absolute atomic E-state index is 3.82. The predicted octanol–water partition coefficient (Wildman–Crippen LogP) is 3.88. The highest BCUT2D eigenvalue weighted by Gasteiger charge is 2.22. The number of benzene rings is 1. The molecule has 1 N–H and O–H groups in total. The fraction of sp³-hybridized carbons (Fsp3) is 0.625. The molecular weight excluding hydrogens is 238 g/mol. The molecule has 1 saturated heterocycles. The molecule has 100 valence electrons. The lowest BCUT2D eigenvalue weighted by Gasteiger charge is -2.31. The molecule has 2 rings (SSSR count). The lowest BCUT2D eigenvalue weighted by atomic mass is 10.0. The van der Waals surface area contributed by atoms with Crippen molar-refractivity contribution >= 4 is 11.8 Å². The topological polar surface area (TPSA) is 12.0 Å². The van der Waals surface area contributed by atoms with Gasteiger partial charge in [0, 0.05) is 17.3 Å². The first-order chi connectivity index (χ1) is 8.75. The van der Waals surface area contributed by atoms with Gasteiger partial charge in [-0.05, 0) is 43.9 Å². The maximum atomic E-state index is 3.82. The SMILES string of the molecule is CC(CCc1ccccc1)NC1CCCSC1C. The summed E-state index contributed by atoms with van der Waals surface area (Å²) < 4.78 is 0. The molecule has 3 unspecified atom stereocenters. The Morgan fingerprint density at radius 2 is 2.11 bits per heavy atom. The number of nitrogens with one attached hydrogen (secondary N) is 1. The monoisotopic (exact) mass is 263 g/mol. The first-order valence-electron chi connectivity index (χ1n) is 7.17. The van der Waals surface area contributed by atoms with E-state index in [1.54, 1.807) is 0 Å². The van der Waals surface area contributed by atoms with Crippen molar-refractivity contribution in [1.82, 2.24) is 5.32 Å². The van der Waals surface area contributed by atoms with Crippen molar-refractivity contribution in [3.63, 3.8) is 0 Å². The average molecular weight is 263 g/mol. The van der Waals surface area contributed by atoms with Gasteiger partial charge in [-0.3, -0.25) is 0 Å². The molecule has 1 heterocycles. The molecule has 1 fully saturated rings. The molecule has 1 aromatic carbocycles. The smallest absolute Gasteiger partial charge is 0.0186 e. The molecule has 0 aliphatic carbocycles. The fourth-order valence-electron chi connectivity index (χ4n) is 2.62. The van der Waals surface area contributed by atoms with Crippen LogP contribution in [0.3, 0.4) is 0 Å². The van der Waals surface area contributed by atoms with E-state index in [4.69, 9.17) is 0 Å². The summed E-state index contributed by atoms with van der Waals surface area (Å²) in [5, 5.41) is 4.59. The molecule has 1 aliphatic rings. The van der Waals surface area contributed by atoms with Gasteiger partial charge in [-0.25, -0.2) is 0 Å². The van der Waals surface area contributed by atoms with Gasteiger partial charge in [0.1, 0.15) is 0 Å². The second-order valence-corrected chi connectivity index (χ2v) is 6.90. The van der Waals surface area contributed by atoms with E-state index < -0.39 is 0 Å². The zero-order chi connectivity index (χ0) is 12.8. The van der Waals surface area contributed by atoms with Crippen molar-refractivity contribution in [3.05, 3.63) is 35.9 Å². The summed E-state index contributed by atoms with van der Waals surface area (Å²) in [5.74, 6) is 1.34. The average Bonchev–Trinajstić information content (AvgIpc) is 2.40. The van der Waals surface area contributed by atoms with Crippen molar-refractivity contribution in [1.29, 1.82) is 0 Å². The minimum absolute atomic E-state index is 0.622. The molecule has 1 aromatic rings. The van der Waals surface area contributed by atoms with E-state index in [1.807, 2.05) is 0 Å². The highest BCUT2D eigenvalue weighted by atomic mass is 32.2. The van der Waals surface area contributed by atoms with E-state index in [0.29, 0.717) is 6.04 Å². The van der Waals surface area contributed by atoms with Crippen molar-refractivity contribution in [2.45, 2.75) is 56.9 Å². The summed E-state index contributed by atoms with van der Waals surface area (Å²) in [7, 11) is 0. The van der Waals surface area contributed by atoms with E-state index >= 15 is 0 Å². The molecule has 2 heteroatoms. The second-order valence-electron chi connectivity index (χ2n) is 5.42. The molecule has 1 aliphatic heterocycles. The van der Waals surface area contributed by atoms with Gasteiger partial charge in [0.15, 0.2) is 0 Å². The second kappa shape index (κ2) is 7.20. The molecule has 3 atom stereocenters. The molecule has 0 spiro atoms. The Bertz CT molecular complexity index is 338. The first-order valence-corrected chi connectivity index (χ1v) is 8.22. The molecule has 0 radical (unpaired) electrons. The third-order valence-corrected chi connectivity index (χ3v) is 5.19. The van der Waals surface area contributed by atoms with Crippen LogP contribution >= 0.6 is 11.8 Å². The van der Waals surface area contributed by atoms with Crippen LogP contribution in [0.2, 0.25) is 0 Å². The van der Waals surface area contributed by atoms with E-state index in [1.165, 1.54) is 37.0 Å². The van der Waals surface area contributed by atoms with Gasteiger partial charge in [-0.2, -0.15) is 11.8 Å². The van der Waals surface area contributed by atoms with E-state index in [9.17, 15) is 0 Å². The molecule has 18 heavy (non-hydrogen) atoms. The molecule has 0 amide bonds. The highest BCUT2D eigenvalue weighted by molar-refractivity contribution is 7.99. The highest BCUT2D eigenvalue weighted by Crippen LogP contribution is 2.25. The van der Waals surface area contributed by atoms with Gasteiger partial charge in [0.2, 0.25) is 0 Å². The van der Waals surface area contributed by atoms with Crippen molar-refractivity contribution in [2.75, 3.05) is 5.75 Å². The summed E-state index contributed by atoms with van der Waals surface area (Å²) in [6, 6.07) is 12.1. The van der Waals surface area contributed by atoms with Crippen LogP contribution in [0.4, 0.5) is 0 Å². The number of hydrogen-bond donors (Lipinski definition) is 1. The van der Waals surface area contributed by atoms with Gasteiger partial charge in [0.05, 0.1) is 0 Å². The quantitative estimate of drug-likeness (QED) is 0.865. The normalized spacial score (nSPS) is 25.9. The molecule has 1 nitrogen and oxygen atoms in total.